The molecular weight excluding hydrogens is 1250 g/mol. The van der Waals surface area contributed by atoms with E-state index in [0.29, 0.717) is 51.7 Å². The Morgan fingerprint density at radius 1 is 0.721 bits per heavy atom. The molecule has 9 aromatic rings. The summed E-state index contributed by atoms with van der Waals surface area (Å²) >= 11 is 6.65. The number of methoxy groups -OCH3 is 2. The molecule has 0 atom stereocenters. The normalized spacial score (nSPS) is 12.2. The van der Waals surface area contributed by atoms with Crippen molar-refractivity contribution in [1.29, 1.82) is 0 Å². The van der Waals surface area contributed by atoms with Gasteiger partial charge in [-0.15, -0.1) is 0 Å². The van der Waals surface area contributed by atoms with Gasteiger partial charge in [-0.1, -0.05) is 89.3 Å². The quantitative estimate of drug-likeness (QED) is 0.0146. The van der Waals surface area contributed by atoms with Crippen LogP contribution in [0.5, 0.6) is 11.5 Å². The summed E-state index contributed by atoms with van der Waals surface area (Å²) in [5.74, 6) is 7.43. The van der Waals surface area contributed by atoms with Crippen molar-refractivity contribution in [3.05, 3.63) is 214 Å². The van der Waals surface area contributed by atoms with Crippen LogP contribution in [0.15, 0.2) is 174 Å². The molecular formula is C61H55F6IN12O5S. The highest BCUT2D eigenvalue weighted by Crippen LogP contribution is 2.34. The Kier molecular flexibility index (Phi) is 22.0. The van der Waals surface area contributed by atoms with Crippen molar-refractivity contribution in [2.75, 3.05) is 29.4 Å². The fourth-order valence-electron chi connectivity index (χ4n) is 8.39. The molecule has 3 heterocycles. The van der Waals surface area contributed by atoms with Crippen molar-refractivity contribution in [3.63, 3.8) is 0 Å². The van der Waals surface area contributed by atoms with Crippen LogP contribution in [-0.2, 0) is 30.1 Å². The summed E-state index contributed by atoms with van der Waals surface area (Å²) in [6.07, 6.45) is -5.25. The van der Waals surface area contributed by atoms with Crippen LogP contribution in [0.1, 0.15) is 61.5 Å². The molecule has 7 N–H and O–H groups in total. The third-order valence-electron chi connectivity index (χ3n) is 12.4. The number of nitrogens with zero attached hydrogens (tertiary/aromatic N) is 7. The number of alkyl halides is 7. The number of rotatable bonds is 12. The maximum Gasteiger partial charge on any atom is 0.421 e. The molecule has 444 valence electrons. The van der Waals surface area contributed by atoms with E-state index in [1.54, 1.807) is 63.0 Å². The molecule has 0 saturated heterocycles. The number of ether oxygens (including phenoxy) is 3. The Hall–Kier alpha value is -9.34. The van der Waals surface area contributed by atoms with Crippen LogP contribution in [0.3, 0.4) is 0 Å². The molecule has 0 spiro atoms. The SMILES string of the molecule is CI.COc1cc(C)cc2nc(Cc3ccc(C(=O)NN)cc3)ncc12.COc1cc(C)cc2nc(N(C(=O)OCc3ccccc3)c3ccc(C4=NNC(=Nc5cccc(C(F)(F)F)c5)C4)cc3)ncc12.NC(=S)Nc1cccc(C(F)(F)F)c1. The number of amides is 2. The number of benzene rings is 7. The number of hydrazone groups is 1. The second-order valence-electron chi connectivity index (χ2n) is 18.5. The van der Waals surface area contributed by atoms with Crippen molar-refractivity contribution < 1.29 is 50.1 Å². The van der Waals surface area contributed by atoms with Gasteiger partial charge in [-0.25, -0.2) is 40.5 Å². The first-order valence-electron chi connectivity index (χ1n) is 25.7. The second kappa shape index (κ2) is 29.5. The van der Waals surface area contributed by atoms with Crippen LogP contribution in [0.25, 0.3) is 21.8 Å². The molecule has 0 bridgehead atoms. The van der Waals surface area contributed by atoms with Crippen molar-refractivity contribution in [3.8, 4) is 11.5 Å². The van der Waals surface area contributed by atoms with Crippen LogP contribution in [0.4, 0.5) is 54.1 Å². The first-order valence-corrected chi connectivity index (χ1v) is 28.3. The molecule has 2 aromatic heterocycles. The first kappa shape index (κ1) is 64.2. The summed E-state index contributed by atoms with van der Waals surface area (Å²) in [5.41, 5.74) is 16.5. The number of hydrogen-bond acceptors (Lipinski definition) is 13. The third-order valence-corrected chi connectivity index (χ3v) is 12.5. The minimum Gasteiger partial charge on any atom is -0.496 e. The maximum atomic E-state index is 13.6. The number of nitrogens with one attached hydrogen (secondary N) is 3. The lowest BCUT2D eigenvalue weighted by molar-refractivity contribution is -0.138. The zero-order valence-electron chi connectivity index (χ0n) is 46.6. The number of aryl methyl sites for hydroxylation is 2. The molecule has 0 radical (unpaired) electrons. The molecule has 0 aliphatic carbocycles. The van der Waals surface area contributed by atoms with Gasteiger partial charge in [0.15, 0.2) is 5.11 Å². The molecule has 86 heavy (non-hydrogen) atoms. The van der Waals surface area contributed by atoms with Crippen LogP contribution in [0.2, 0.25) is 0 Å². The van der Waals surface area contributed by atoms with Gasteiger partial charge in [0, 0.05) is 30.1 Å². The topological polar surface area (TPSA) is 229 Å². The van der Waals surface area contributed by atoms with E-state index in [1.165, 1.54) is 29.2 Å². The number of hydrazine groups is 1. The monoisotopic (exact) mass is 1310 g/mol. The van der Waals surface area contributed by atoms with Gasteiger partial charge in [-0.05, 0) is 144 Å². The highest BCUT2D eigenvalue weighted by atomic mass is 127. The van der Waals surface area contributed by atoms with Gasteiger partial charge in [-0.2, -0.15) is 31.4 Å². The molecule has 0 fully saturated rings. The molecule has 2 amide bonds. The second-order valence-corrected chi connectivity index (χ2v) is 19.0. The first-order chi connectivity index (χ1) is 41.2. The van der Waals surface area contributed by atoms with E-state index in [1.807, 2.05) is 85.5 Å². The summed E-state index contributed by atoms with van der Waals surface area (Å²) in [4.78, 5) is 50.8. The molecule has 7 aromatic carbocycles. The molecule has 25 heteroatoms. The van der Waals surface area contributed by atoms with Crippen molar-refractivity contribution in [2.24, 2.45) is 21.7 Å². The number of aliphatic imine (C=N–C) groups is 1. The number of hydrogen-bond donors (Lipinski definition) is 5. The Balaban J connectivity index is 0.000000219. The molecule has 17 nitrogen and oxygen atoms in total. The van der Waals surface area contributed by atoms with E-state index in [9.17, 15) is 35.9 Å². The lowest BCUT2D eigenvalue weighted by atomic mass is 10.1. The molecule has 1 aliphatic heterocycles. The summed E-state index contributed by atoms with van der Waals surface area (Å²) in [5, 5.41) is 8.26. The van der Waals surface area contributed by atoms with Crippen molar-refractivity contribution >= 4 is 108 Å². The van der Waals surface area contributed by atoms with Crippen LogP contribution >= 0.6 is 34.8 Å². The van der Waals surface area contributed by atoms with Gasteiger partial charge in [0.2, 0.25) is 5.95 Å². The number of halogens is 7. The van der Waals surface area contributed by atoms with E-state index < -0.39 is 29.6 Å². The van der Waals surface area contributed by atoms with Crippen LogP contribution in [0, 0.1) is 13.8 Å². The predicted octanol–water partition coefficient (Wildman–Crippen LogP) is 13.4. The standard InChI is InChI=1S/C34H27F3N6O3.C18H18N4O2.C8H7F3N2S.CH3I/c1-21-15-29-27(30(16-21)45-2)19-38-32(40-29)43(33(44)46-20-22-7-4-3-5-8-22)26-13-11-23(12-14-26)28-18-31(42-41-28)39-25-10-6-9-24(17-25)34(35,36)37;1-11-7-15-14(16(8-11)24-2)10-20-17(21-15)9-12-3-5-13(6-4-12)18(23)22-19;9-8(10,11)5-2-1-3-6(4-5)13-7(12)14;1-2/h3-17,19H,18,20H2,1-2H3,(H,39,42);3-8,10H,9,19H2,1-2H3,(H,22,23);1-4H,(H3,12,13,14);1H3. The third kappa shape index (κ3) is 17.4. The Morgan fingerprint density at radius 2 is 1.31 bits per heavy atom. The number of nitrogens with two attached hydrogens (primary N) is 2. The van der Waals surface area contributed by atoms with Crippen molar-refractivity contribution in [1.82, 2.24) is 30.8 Å². The van der Waals surface area contributed by atoms with Gasteiger partial charge in [0.25, 0.3) is 5.91 Å². The largest absolute Gasteiger partial charge is 0.496 e. The van der Waals surface area contributed by atoms with Gasteiger partial charge in [0.1, 0.15) is 29.8 Å². The summed E-state index contributed by atoms with van der Waals surface area (Å²) in [7, 11) is 3.21. The van der Waals surface area contributed by atoms with Crippen LogP contribution < -0.4 is 42.1 Å². The minimum atomic E-state index is -4.46. The highest BCUT2D eigenvalue weighted by Gasteiger charge is 2.32. The number of thiocarbonyl (C=S) groups is 1. The zero-order chi connectivity index (χ0) is 62.1. The number of amidine groups is 1. The fourth-order valence-corrected chi connectivity index (χ4v) is 8.50. The van der Waals surface area contributed by atoms with Gasteiger partial charge < -0.3 is 25.3 Å². The molecule has 1 aliphatic rings. The van der Waals surface area contributed by atoms with E-state index >= 15 is 0 Å². The number of anilines is 3. The fraction of sp³-hybridized carbons (Fsp3) is 0.164. The van der Waals surface area contributed by atoms with Gasteiger partial charge >= 0.3 is 18.4 Å². The number of carbonyl (C=O) groups excluding carboxylic acids is 2. The summed E-state index contributed by atoms with van der Waals surface area (Å²) in [6, 6.07) is 40.7. The zero-order valence-corrected chi connectivity index (χ0v) is 49.6. The summed E-state index contributed by atoms with van der Waals surface area (Å²) in [6.45, 7) is 3.97. The lowest BCUT2D eigenvalue weighted by Crippen LogP contribution is -2.29. The molecule has 0 unspecified atom stereocenters. The lowest BCUT2D eigenvalue weighted by Gasteiger charge is -2.21. The van der Waals surface area contributed by atoms with E-state index in [-0.39, 0.29) is 41.4 Å². The average molecular weight is 1310 g/mol. The Bertz CT molecular complexity index is 3920. The number of fused-ring (bicyclic) bond motifs is 2. The van der Waals surface area contributed by atoms with E-state index in [4.69, 9.17) is 25.8 Å². The maximum absolute atomic E-state index is 13.6. The number of nitrogen functional groups attached to an aromatic ring is 1. The minimum absolute atomic E-state index is 0.0469. The molecule has 10 rings (SSSR count). The van der Waals surface area contributed by atoms with Crippen LogP contribution in [-0.4, -0.2) is 67.7 Å². The summed E-state index contributed by atoms with van der Waals surface area (Å²) < 4.78 is 92.5. The number of carbonyl (C=O) groups is 2. The van der Waals surface area contributed by atoms with E-state index in [0.717, 1.165) is 68.7 Å². The average Bonchev–Trinajstić information content (AvgIpc) is 1.33. The Labute approximate surface area is 509 Å². The van der Waals surface area contributed by atoms with Crippen molar-refractivity contribution in [2.45, 2.75) is 45.6 Å². The molecule has 0 saturated carbocycles. The Morgan fingerprint density at radius 3 is 1.91 bits per heavy atom. The van der Waals surface area contributed by atoms with Gasteiger partial charge in [0.05, 0.1) is 70.7 Å². The number of aromatic nitrogens is 4. The predicted molar refractivity (Wildman–Crippen MR) is 332 cm³/mol. The van der Waals surface area contributed by atoms with E-state index in [2.05, 4.69) is 81.0 Å². The highest BCUT2D eigenvalue weighted by molar-refractivity contribution is 14.1. The van der Waals surface area contributed by atoms with Gasteiger partial charge in [-0.3, -0.25) is 15.6 Å². The smallest absolute Gasteiger partial charge is 0.421 e.